The number of pyridine rings is 1. The van der Waals surface area contributed by atoms with E-state index < -0.39 is 5.97 Å². The zero-order valence-electron chi connectivity index (χ0n) is 10.8. The molecule has 0 unspecified atom stereocenters. The summed E-state index contributed by atoms with van der Waals surface area (Å²) in [6, 6.07) is 8.03. The number of anilines is 2. The second kappa shape index (κ2) is 5.49. The number of rotatable bonds is 3. The van der Waals surface area contributed by atoms with Gasteiger partial charge < -0.3 is 19.9 Å². The Morgan fingerprint density at radius 3 is 2.71 bits per heavy atom. The highest BCUT2D eigenvalue weighted by molar-refractivity contribution is 6.29. The molecule has 0 saturated heterocycles. The second-order valence-electron chi connectivity index (χ2n) is 4.35. The van der Waals surface area contributed by atoms with Gasteiger partial charge in [0.1, 0.15) is 24.2 Å². The molecule has 0 amide bonds. The quantitative estimate of drug-likeness (QED) is 0.849. The molecule has 6 nitrogen and oxygen atoms in total. The number of benzene rings is 1. The third kappa shape index (κ3) is 3.00. The Bertz CT molecular complexity index is 705. The Kier molecular flexibility index (Phi) is 3.53. The first-order valence-electron chi connectivity index (χ1n) is 6.19. The van der Waals surface area contributed by atoms with E-state index in [1.165, 1.54) is 12.1 Å². The maximum Gasteiger partial charge on any atom is 0.335 e. The zero-order chi connectivity index (χ0) is 14.8. The van der Waals surface area contributed by atoms with E-state index in [9.17, 15) is 4.79 Å². The first-order valence-corrected chi connectivity index (χ1v) is 6.57. The molecule has 0 atom stereocenters. The van der Waals surface area contributed by atoms with E-state index >= 15 is 0 Å². The van der Waals surface area contributed by atoms with Crippen molar-refractivity contribution in [2.75, 3.05) is 18.5 Å². The number of ether oxygens (including phenoxy) is 2. The molecule has 7 heteroatoms. The lowest BCUT2D eigenvalue weighted by Crippen LogP contribution is -2.15. The Morgan fingerprint density at radius 2 is 1.95 bits per heavy atom. The van der Waals surface area contributed by atoms with E-state index in [4.69, 9.17) is 26.2 Å². The van der Waals surface area contributed by atoms with Gasteiger partial charge in [-0.15, -0.1) is 0 Å². The highest BCUT2D eigenvalue weighted by atomic mass is 35.5. The maximum atomic E-state index is 11.0. The van der Waals surface area contributed by atoms with Crippen molar-refractivity contribution in [2.45, 2.75) is 0 Å². The van der Waals surface area contributed by atoms with Crippen molar-refractivity contribution < 1.29 is 19.4 Å². The van der Waals surface area contributed by atoms with Crippen molar-refractivity contribution in [3.63, 3.8) is 0 Å². The van der Waals surface area contributed by atoms with E-state index in [-0.39, 0.29) is 10.7 Å². The number of nitrogens with one attached hydrogen (secondary N) is 1. The molecule has 0 radical (unpaired) electrons. The average Bonchev–Trinajstić information content (AvgIpc) is 2.46. The number of carboxylic acid groups (broad SMARTS) is 1. The number of carboxylic acids is 1. The Morgan fingerprint density at radius 1 is 1.19 bits per heavy atom. The van der Waals surface area contributed by atoms with Gasteiger partial charge in [-0.1, -0.05) is 11.6 Å². The molecule has 0 saturated carbocycles. The molecular formula is C14H11ClN2O4. The molecule has 2 N–H and O–H groups in total. The number of hydrogen-bond donors (Lipinski definition) is 2. The van der Waals surface area contributed by atoms with E-state index in [1.54, 1.807) is 18.2 Å². The van der Waals surface area contributed by atoms with Crippen molar-refractivity contribution in [1.82, 2.24) is 4.98 Å². The number of halogens is 1. The summed E-state index contributed by atoms with van der Waals surface area (Å²) < 4.78 is 10.9. The van der Waals surface area contributed by atoms with Gasteiger partial charge in [-0.05, 0) is 24.3 Å². The number of hydrogen-bond acceptors (Lipinski definition) is 5. The molecule has 1 aliphatic heterocycles. The first kappa shape index (κ1) is 13.5. The molecule has 1 aromatic heterocycles. The van der Waals surface area contributed by atoms with Crippen molar-refractivity contribution in [2.24, 2.45) is 0 Å². The highest BCUT2D eigenvalue weighted by Crippen LogP contribution is 2.33. The van der Waals surface area contributed by atoms with Crippen LogP contribution >= 0.6 is 11.6 Å². The number of aromatic nitrogens is 1. The SMILES string of the molecule is O=C(O)c1cc(Cl)nc(Nc2ccc3c(c2)OCCO3)c1. The van der Waals surface area contributed by atoms with Crippen LogP contribution in [0.4, 0.5) is 11.5 Å². The van der Waals surface area contributed by atoms with Crippen LogP contribution in [0.2, 0.25) is 5.15 Å². The van der Waals surface area contributed by atoms with Gasteiger partial charge >= 0.3 is 5.97 Å². The van der Waals surface area contributed by atoms with Gasteiger partial charge in [-0.25, -0.2) is 9.78 Å². The monoisotopic (exact) mass is 306 g/mol. The summed E-state index contributed by atoms with van der Waals surface area (Å²) in [5, 5.41) is 12.1. The molecule has 0 bridgehead atoms. The standard InChI is InChI=1S/C14H11ClN2O4/c15-12-5-8(14(18)19)6-13(17-12)16-9-1-2-10-11(7-9)21-4-3-20-10/h1-2,5-7H,3-4H2,(H,16,17)(H,18,19). The lowest BCUT2D eigenvalue weighted by atomic mass is 10.2. The Hall–Kier alpha value is -2.47. The predicted molar refractivity (Wildman–Crippen MR) is 76.9 cm³/mol. The van der Waals surface area contributed by atoms with Gasteiger partial charge in [0.25, 0.3) is 0 Å². The fourth-order valence-electron chi connectivity index (χ4n) is 1.95. The lowest BCUT2D eigenvalue weighted by Gasteiger charge is -2.19. The van der Waals surface area contributed by atoms with Gasteiger partial charge in [0, 0.05) is 11.8 Å². The fraction of sp³-hybridized carbons (Fsp3) is 0.143. The van der Waals surface area contributed by atoms with Crippen LogP contribution in [0.25, 0.3) is 0 Å². The summed E-state index contributed by atoms with van der Waals surface area (Å²) in [7, 11) is 0. The fourth-order valence-corrected chi connectivity index (χ4v) is 2.16. The number of nitrogens with zero attached hydrogens (tertiary/aromatic N) is 1. The van der Waals surface area contributed by atoms with Gasteiger partial charge in [-0.3, -0.25) is 0 Å². The highest BCUT2D eigenvalue weighted by Gasteiger charge is 2.13. The van der Waals surface area contributed by atoms with Crippen LogP contribution in [0.15, 0.2) is 30.3 Å². The van der Waals surface area contributed by atoms with Crippen LogP contribution in [0, 0.1) is 0 Å². The van der Waals surface area contributed by atoms with Crippen LogP contribution in [-0.2, 0) is 0 Å². The van der Waals surface area contributed by atoms with Gasteiger partial charge in [0.2, 0.25) is 0 Å². The zero-order valence-corrected chi connectivity index (χ0v) is 11.6. The molecule has 2 aromatic rings. The molecule has 2 heterocycles. The predicted octanol–water partition coefficient (Wildman–Crippen LogP) is 2.95. The maximum absolute atomic E-state index is 11.0. The summed E-state index contributed by atoms with van der Waals surface area (Å²) >= 11 is 5.82. The van der Waals surface area contributed by atoms with Crippen molar-refractivity contribution in [3.05, 3.63) is 41.0 Å². The molecule has 1 aromatic carbocycles. The minimum absolute atomic E-state index is 0.0649. The smallest absolute Gasteiger partial charge is 0.335 e. The van der Waals surface area contributed by atoms with E-state index in [0.29, 0.717) is 36.2 Å². The average molecular weight is 307 g/mol. The van der Waals surface area contributed by atoms with Gasteiger partial charge in [0.15, 0.2) is 11.5 Å². The Labute approximate surface area is 125 Å². The molecule has 0 spiro atoms. The van der Waals surface area contributed by atoms with Crippen LogP contribution < -0.4 is 14.8 Å². The third-order valence-electron chi connectivity index (χ3n) is 2.86. The molecule has 108 valence electrons. The second-order valence-corrected chi connectivity index (χ2v) is 4.74. The molecular weight excluding hydrogens is 296 g/mol. The summed E-state index contributed by atoms with van der Waals surface area (Å²) in [6.07, 6.45) is 0. The van der Waals surface area contributed by atoms with Crippen molar-refractivity contribution in [3.8, 4) is 11.5 Å². The minimum atomic E-state index is -1.07. The third-order valence-corrected chi connectivity index (χ3v) is 3.05. The largest absolute Gasteiger partial charge is 0.486 e. The molecule has 0 fully saturated rings. The first-order chi connectivity index (χ1) is 10.1. The van der Waals surface area contributed by atoms with Crippen molar-refractivity contribution >= 4 is 29.1 Å². The number of carbonyl (C=O) groups is 1. The van der Waals surface area contributed by atoms with Gasteiger partial charge in [0.05, 0.1) is 5.56 Å². The van der Waals surface area contributed by atoms with Crippen LogP contribution in [0.3, 0.4) is 0 Å². The van der Waals surface area contributed by atoms with Crippen LogP contribution in [-0.4, -0.2) is 29.3 Å². The molecule has 21 heavy (non-hydrogen) atoms. The topological polar surface area (TPSA) is 80.7 Å². The minimum Gasteiger partial charge on any atom is -0.486 e. The summed E-state index contributed by atoms with van der Waals surface area (Å²) in [5.41, 5.74) is 0.764. The van der Waals surface area contributed by atoms with E-state index in [2.05, 4.69) is 10.3 Å². The molecule has 3 rings (SSSR count). The summed E-state index contributed by atoms with van der Waals surface area (Å²) in [4.78, 5) is 15.0. The lowest BCUT2D eigenvalue weighted by molar-refractivity contribution is 0.0697. The summed E-state index contributed by atoms with van der Waals surface area (Å²) in [5.74, 6) is 0.588. The van der Waals surface area contributed by atoms with E-state index in [0.717, 1.165) is 0 Å². The summed E-state index contributed by atoms with van der Waals surface area (Å²) in [6.45, 7) is 1.02. The number of aromatic carboxylic acids is 1. The van der Waals surface area contributed by atoms with E-state index in [1.807, 2.05) is 0 Å². The number of fused-ring (bicyclic) bond motifs is 1. The van der Waals surface area contributed by atoms with Crippen molar-refractivity contribution in [1.29, 1.82) is 0 Å². The molecule has 0 aliphatic carbocycles. The van der Waals surface area contributed by atoms with Gasteiger partial charge in [-0.2, -0.15) is 0 Å². The Balaban J connectivity index is 1.88. The van der Waals surface area contributed by atoms with Crippen LogP contribution in [0.5, 0.6) is 11.5 Å². The van der Waals surface area contributed by atoms with Crippen LogP contribution in [0.1, 0.15) is 10.4 Å². The normalized spacial score (nSPS) is 12.8. The molecule has 1 aliphatic rings.